The monoisotopic (exact) mass is 268 g/mol. The van der Waals surface area contributed by atoms with E-state index >= 15 is 0 Å². The molecule has 0 atom stereocenters. The molecule has 1 saturated carbocycles. The van der Waals surface area contributed by atoms with Gasteiger partial charge in [-0.05, 0) is 26.7 Å². The lowest BCUT2D eigenvalue weighted by atomic mass is 9.97. The maximum atomic E-state index is 12.0. The second kappa shape index (κ2) is 4.83. The van der Waals surface area contributed by atoms with Crippen LogP contribution in [0.4, 0.5) is 0 Å². The molecule has 1 N–H and O–H groups in total. The van der Waals surface area contributed by atoms with Crippen LogP contribution in [0, 0.1) is 5.92 Å². The van der Waals surface area contributed by atoms with Crippen LogP contribution in [-0.2, 0) is 14.4 Å². The number of aliphatic carboxylic acids is 1. The van der Waals surface area contributed by atoms with Gasteiger partial charge in [0.15, 0.2) is 0 Å². The minimum atomic E-state index is -1.11. The maximum absolute atomic E-state index is 12.0. The molecular weight excluding hydrogens is 248 g/mol. The molecule has 2 amide bonds. The Kier molecular flexibility index (Phi) is 3.52. The van der Waals surface area contributed by atoms with Gasteiger partial charge in [0.05, 0.1) is 5.54 Å². The van der Waals surface area contributed by atoms with Crippen LogP contribution in [0.25, 0.3) is 0 Å². The third-order valence-electron chi connectivity index (χ3n) is 3.74. The first-order valence-corrected chi connectivity index (χ1v) is 6.62. The molecule has 0 aromatic carbocycles. The molecule has 2 fully saturated rings. The lowest BCUT2D eigenvalue weighted by molar-refractivity contribution is -0.152. The summed E-state index contributed by atoms with van der Waals surface area (Å²) in [6.45, 7) is 5.15. The highest BCUT2D eigenvalue weighted by molar-refractivity contribution is 5.94. The number of amides is 2. The average molecular weight is 268 g/mol. The summed E-state index contributed by atoms with van der Waals surface area (Å²) >= 11 is 0. The normalized spacial score (nSPS) is 22.2. The highest BCUT2D eigenvalue weighted by Gasteiger charge is 2.42. The van der Waals surface area contributed by atoms with Crippen LogP contribution in [0.15, 0.2) is 0 Å². The summed E-state index contributed by atoms with van der Waals surface area (Å²) in [6.07, 6.45) is 1.45. The van der Waals surface area contributed by atoms with Crippen molar-refractivity contribution in [1.82, 2.24) is 9.80 Å². The first-order chi connectivity index (χ1) is 8.81. The molecule has 1 saturated heterocycles. The Morgan fingerprint density at radius 1 is 1.21 bits per heavy atom. The molecule has 0 radical (unpaired) electrons. The van der Waals surface area contributed by atoms with E-state index in [1.54, 1.807) is 4.90 Å². The molecule has 1 heterocycles. The molecule has 0 spiro atoms. The first kappa shape index (κ1) is 13.8. The van der Waals surface area contributed by atoms with Crippen molar-refractivity contribution in [2.75, 3.05) is 19.6 Å². The number of nitrogens with zero attached hydrogens (tertiary/aromatic N) is 2. The Labute approximate surface area is 112 Å². The number of rotatable bonds is 3. The Morgan fingerprint density at radius 2 is 1.84 bits per heavy atom. The summed E-state index contributed by atoms with van der Waals surface area (Å²) in [7, 11) is 0. The molecule has 6 nitrogen and oxygen atoms in total. The van der Waals surface area contributed by atoms with E-state index in [0.29, 0.717) is 19.6 Å². The lowest BCUT2D eigenvalue weighted by Crippen LogP contribution is -2.62. The maximum Gasteiger partial charge on any atom is 0.312 e. The minimum Gasteiger partial charge on any atom is -0.481 e. The van der Waals surface area contributed by atoms with E-state index < -0.39 is 17.9 Å². The third kappa shape index (κ3) is 3.05. The summed E-state index contributed by atoms with van der Waals surface area (Å²) in [5, 5.41) is 8.69. The number of carbonyl (C=O) groups is 3. The van der Waals surface area contributed by atoms with Crippen LogP contribution in [0.5, 0.6) is 0 Å². The zero-order chi connectivity index (χ0) is 14.2. The second-order valence-corrected chi connectivity index (χ2v) is 5.96. The molecule has 0 aromatic rings. The van der Waals surface area contributed by atoms with Crippen molar-refractivity contribution in [3.05, 3.63) is 0 Å². The zero-order valence-corrected chi connectivity index (χ0v) is 11.4. The molecule has 19 heavy (non-hydrogen) atoms. The Balaban J connectivity index is 2.00. The fourth-order valence-corrected chi connectivity index (χ4v) is 2.62. The fraction of sp³-hybridized carbons (Fsp3) is 0.769. The van der Waals surface area contributed by atoms with Gasteiger partial charge in [-0.15, -0.1) is 0 Å². The number of carbonyl (C=O) groups excluding carboxylic acids is 2. The largest absolute Gasteiger partial charge is 0.481 e. The summed E-state index contributed by atoms with van der Waals surface area (Å²) < 4.78 is 0. The van der Waals surface area contributed by atoms with E-state index in [9.17, 15) is 14.4 Å². The predicted octanol–water partition coefficient (Wildman–Crippen LogP) is 0.321. The van der Waals surface area contributed by atoms with Gasteiger partial charge in [0.2, 0.25) is 11.8 Å². The fourth-order valence-electron chi connectivity index (χ4n) is 2.62. The van der Waals surface area contributed by atoms with E-state index in [4.69, 9.17) is 5.11 Å². The number of hydrogen-bond donors (Lipinski definition) is 1. The topological polar surface area (TPSA) is 77.9 Å². The summed E-state index contributed by atoms with van der Waals surface area (Å²) in [5.41, 5.74) is -0.505. The Hall–Kier alpha value is -1.59. The van der Waals surface area contributed by atoms with Crippen LogP contribution in [0.1, 0.15) is 33.1 Å². The number of hydrogen-bond acceptors (Lipinski definition) is 3. The molecule has 1 aliphatic heterocycles. The zero-order valence-electron chi connectivity index (χ0n) is 11.4. The molecule has 6 heteroatoms. The van der Waals surface area contributed by atoms with E-state index in [1.807, 2.05) is 18.7 Å². The SMILES string of the molecule is CC1(C)CN(C(=O)C2CC2)CCN1C(=O)CC(=O)O. The van der Waals surface area contributed by atoms with Gasteiger partial charge in [0.1, 0.15) is 6.42 Å². The second-order valence-electron chi connectivity index (χ2n) is 5.96. The molecule has 1 aliphatic carbocycles. The van der Waals surface area contributed by atoms with Gasteiger partial charge in [-0.3, -0.25) is 14.4 Å². The van der Waals surface area contributed by atoms with E-state index in [2.05, 4.69) is 0 Å². The van der Waals surface area contributed by atoms with Gasteiger partial charge in [0, 0.05) is 25.6 Å². The smallest absolute Gasteiger partial charge is 0.312 e. The molecule has 0 bridgehead atoms. The average Bonchev–Trinajstić information content (AvgIpc) is 3.08. The quantitative estimate of drug-likeness (QED) is 0.748. The Bertz CT molecular complexity index is 415. The Morgan fingerprint density at radius 3 is 2.32 bits per heavy atom. The van der Waals surface area contributed by atoms with Crippen molar-refractivity contribution in [2.24, 2.45) is 5.92 Å². The number of carboxylic acids is 1. The van der Waals surface area contributed by atoms with Crippen LogP contribution < -0.4 is 0 Å². The molecule has 0 aromatic heterocycles. The van der Waals surface area contributed by atoms with Gasteiger partial charge in [0.25, 0.3) is 0 Å². The molecular formula is C13H20N2O4. The number of piperazine rings is 1. The van der Waals surface area contributed by atoms with Gasteiger partial charge in [-0.25, -0.2) is 0 Å². The molecule has 2 rings (SSSR count). The molecule has 106 valence electrons. The van der Waals surface area contributed by atoms with Crippen LogP contribution in [0.2, 0.25) is 0 Å². The van der Waals surface area contributed by atoms with Crippen molar-refractivity contribution in [1.29, 1.82) is 0 Å². The first-order valence-electron chi connectivity index (χ1n) is 6.62. The summed E-state index contributed by atoms with van der Waals surface area (Å²) in [4.78, 5) is 37.9. The van der Waals surface area contributed by atoms with Crippen molar-refractivity contribution in [3.8, 4) is 0 Å². The van der Waals surface area contributed by atoms with Crippen LogP contribution in [0.3, 0.4) is 0 Å². The van der Waals surface area contributed by atoms with Crippen molar-refractivity contribution in [2.45, 2.75) is 38.6 Å². The van der Waals surface area contributed by atoms with E-state index in [0.717, 1.165) is 12.8 Å². The summed E-state index contributed by atoms with van der Waals surface area (Å²) in [6, 6.07) is 0. The highest BCUT2D eigenvalue weighted by Crippen LogP contribution is 2.33. The van der Waals surface area contributed by atoms with Gasteiger partial charge in [-0.1, -0.05) is 0 Å². The minimum absolute atomic E-state index is 0.178. The molecule has 2 aliphatic rings. The third-order valence-corrected chi connectivity index (χ3v) is 3.74. The van der Waals surface area contributed by atoms with Crippen molar-refractivity contribution >= 4 is 17.8 Å². The van der Waals surface area contributed by atoms with Crippen molar-refractivity contribution < 1.29 is 19.5 Å². The highest BCUT2D eigenvalue weighted by atomic mass is 16.4. The van der Waals surface area contributed by atoms with Crippen molar-refractivity contribution in [3.63, 3.8) is 0 Å². The summed E-state index contributed by atoms with van der Waals surface area (Å²) in [5.74, 6) is -1.14. The van der Waals surface area contributed by atoms with E-state index in [1.165, 1.54) is 0 Å². The molecule has 0 unspecified atom stereocenters. The van der Waals surface area contributed by atoms with Crippen LogP contribution in [-0.4, -0.2) is 57.9 Å². The number of carboxylic acid groups (broad SMARTS) is 1. The van der Waals surface area contributed by atoms with E-state index in [-0.39, 0.29) is 17.7 Å². The standard InChI is InChI=1S/C13H20N2O4/c1-13(2)8-14(12(19)9-3-4-9)5-6-15(13)10(16)7-11(17)18/h9H,3-8H2,1-2H3,(H,17,18). The predicted molar refractivity (Wildman–Crippen MR) is 67.3 cm³/mol. The van der Waals surface area contributed by atoms with Crippen LogP contribution >= 0.6 is 0 Å². The van der Waals surface area contributed by atoms with Gasteiger partial charge >= 0.3 is 5.97 Å². The lowest BCUT2D eigenvalue weighted by Gasteiger charge is -2.47. The van der Waals surface area contributed by atoms with Gasteiger partial charge < -0.3 is 14.9 Å². The van der Waals surface area contributed by atoms with Gasteiger partial charge in [-0.2, -0.15) is 0 Å².